The molecule has 6 nitrogen and oxygen atoms in total. The smallest absolute Gasteiger partial charge is 0.193 e. The fraction of sp³-hybridized carbons (Fsp3) is 0.632. The number of likely N-dealkylation sites (N-methyl/N-ethyl adjacent to an activating group) is 1. The van der Waals surface area contributed by atoms with E-state index >= 15 is 0 Å². The van der Waals surface area contributed by atoms with Gasteiger partial charge >= 0.3 is 0 Å². The van der Waals surface area contributed by atoms with E-state index in [1.807, 2.05) is 32.2 Å². The van der Waals surface area contributed by atoms with Gasteiger partial charge in [-0.1, -0.05) is 6.07 Å². The molecule has 1 aliphatic carbocycles. The van der Waals surface area contributed by atoms with Gasteiger partial charge in [0.15, 0.2) is 17.5 Å². The average Bonchev–Trinajstić information content (AvgIpc) is 3.44. The van der Waals surface area contributed by atoms with Crippen molar-refractivity contribution in [2.24, 2.45) is 10.9 Å². The van der Waals surface area contributed by atoms with E-state index in [0.717, 1.165) is 48.7 Å². The predicted molar refractivity (Wildman–Crippen MR) is 116 cm³/mol. The molecular formula is C19H32IN3O3. The number of ether oxygens (including phenoxy) is 3. The van der Waals surface area contributed by atoms with Crippen LogP contribution in [0.3, 0.4) is 0 Å². The highest BCUT2D eigenvalue weighted by Gasteiger charge is 2.21. The molecule has 1 aromatic carbocycles. The largest absolute Gasteiger partial charge is 0.493 e. The summed E-state index contributed by atoms with van der Waals surface area (Å²) in [6, 6.07) is 5.96. The number of nitrogens with zero attached hydrogens (tertiary/aromatic N) is 2. The van der Waals surface area contributed by atoms with Crippen molar-refractivity contribution in [3.8, 4) is 11.5 Å². The Balaban J connectivity index is 0.00000338. The standard InChI is InChI=1S/C19H31N3O3.HI/c1-5-25-18-12-16(8-9-17(18)23-4)13-21-19(20-2)22(3)10-11-24-14-15-6-7-15;/h8-9,12,15H,5-7,10-11,13-14H2,1-4H3,(H,20,21);1H. The molecule has 1 fully saturated rings. The minimum Gasteiger partial charge on any atom is -0.493 e. The lowest BCUT2D eigenvalue weighted by atomic mass is 10.2. The molecule has 0 aliphatic heterocycles. The van der Waals surface area contributed by atoms with Gasteiger partial charge < -0.3 is 24.4 Å². The van der Waals surface area contributed by atoms with Gasteiger partial charge in [0.2, 0.25) is 0 Å². The van der Waals surface area contributed by atoms with Crippen molar-refractivity contribution >= 4 is 29.9 Å². The van der Waals surface area contributed by atoms with E-state index in [2.05, 4.69) is 15.2 Å². The van der Waals surface area contributed by atoms with E-state index in [-0.39, 0.29) is 24.0 Å². The summed E-state index contributed by atoms with van der Waals surface area (Å²) in [5, 5.41) is 3.38. The highest BCUT2D eigenvalue weighted by Crippen LogP contribution is 2.29. The number of guanidine groups is 1. The van der Waals surface area contributed by atoms with Gasteiger partial charge in [-0.3, -0.25) is 4.99 Å². The average molecular weight is 477 g/mol. The third-order valence-corrected chi connectivity index (χ3v) is 4.17. The van der Waals surface area contributed by atoms with Crippen LogP contribution < -0.4 is 14.8 Å². The van der Waals surface area contributed by atoms with Crippen molar-refractivity contribution in [1.82, 2.24) is 10.2 Å². The lowest BCUT2D eigenvalue weighted by molar-refractivity contribution is 0.115. The summed E-state index contributed by atoms with van der Waals surface area (Å²) in [6.45, 7) is 5.69. The molecule has 148 valence electrons. The molecule has 0 atom stereocenters. The van der Waals surface area contributed by atoms with Crippen LogP contribution >= 0.6 is 24.0 Å². The fourth-order valence-corrected chi connectivity index (χ4v) is 2.51. The van der Waals surface area contributed by atoms with Crippen LogP contribution in [-0.4, -0.2) is 58.4 Å². The quantitative estimate of drug-likeness (QED) is 0.243. The number of benzene rings is 1. The highest BCUT2D eigenvalue weighted by molar-refractivity contribution is 14.0. The van der Waals surface area contributed by atoms with Gasteiger partial charge in [-0.15, -0.1) is 24.0 Å². The zero-order valence-corrected chi connectivity index (χ0v) is 18.6. The second kappa shape index (κ2) is 12.2. The summed E-state index contributed by atoms with van der Waals surface area (Å²) < 4.78 is 16.7. The second-order valence-corrected chi connectivity index (χ2v) is 6.26. The Morgan fingerprint density at radius 2 is 2.08 bits per heavy atom. The van der Waals surface area contributed by atoms with Crippen LogP contribution in [0.5, 0.6) is 11.5 Å². The first-order valence-corrected chi connectivity index (χ1v) is 8.97. The summed E-state index contributed by atoms with van der Waals surface area (Å²) in [6.07, 6.45) is 2.65. The van der Waals surface area contributed by atoms with Gasteiger partial charge in [-0.05, 0) is 43.4 Å². The summed E-state index contributed by atoms with van der Waals surface area (Å²) in [5.74, 6) is 3.17. The molecule has 0 unspecified atom stereocenters. The van der Waals surface area contributed by atoms with Crippen molar-refractivity contribution < 1.29 is 14.2 Å². The Bertz CT molecular complexity index is 565. The first-order chi connectivity index (χ1) is 12.2. The van der Waals surface area contributed by atoms with Gasteiger partial charge in [0.1, 0.15) is 0 Å². The Morgan fingerprint density at radius 1 is 1.31 bits per heavy atom. The van der Waals surface area contributed by atoms with Crippen LogP contribution in [0.4, 0.5) is 0 Å². The Morgan fingerprint density at radius 3 is 2.69 bits per heavy atom. The number of halogens is 1. The van der Waals surface area contributed by atoms with Crippen LogP contribution in [0.1, 0.15) is 25.3 Å². The Hall–Kier alpha value is -1.22. The molecule has 0 heterocycles. The van der Waals surface area contributed by atoms with E-state index in [0.29, 0.717) is 13.2 Å². The first-order valence-electron chi connectivity index (χ1n) is 8.97. The normalized spacial score (nSPS) is 13.8. The van der Waals surface area contributed by atoms with E-state index in [9.17, 15) is 0 Å². The molecule has 0 spiro atoms. The van der Waals surface area contributed by atoms with E-state index < -0.39 is 0 Å². The summed E-state index contributed by atoms with van der Waals surface area (Å²) >= 11 is 0. The number of hydrogen-bond acceptors (Lipinski definition) is 4. The maximum absolute atomic E-state index is 5.70. The van der Waals surface area contributed by atoms with E-state index in [1.54, 1.807) is 14.2 Å². The lowest BCUT2D eigenvalue weighted by Crippen LogP contribution is -2.40. The Labute approximate surface area is 174 Å². The van der Waals surface area contributed by atoms with Crippen LogP contribution in [-0.2, 0) is 11.3 Å². The zero-order chi connectivity index (χ0) is 18.1. The fourth-order valence-electron chi connectivity index (χ4n) is 2.51. The molecule has 1 aromatic rings. The molecule has 0 bridgehead atoms. The van der Waals surface area contributed by atoms with Crippen LogP contribution in [0, 0.1) is 5.92 Å². The number of nitrogens with one attached hydrogen (secondary N) is 1. The van der Waals surface area contributed by atoms with Crippen molar-refractivity contribution in [3.63, 3.8) is 0 Å². The number of hydrogen-bond donors (Lipinski definition) is 1. The monoisotopic (exact) mass is 477 g/mol. The van der Waals surface area contributed by atoms with E-state index in [4.69, 9.17) is 14.2 Å². The van der Waals surface area contributed by atoms with Gasteiger partial charge in [-0.2, -0.15) is 0 Å². The molecule has 0 aromatic heterocycles. The second-order valence-electron chi connectivity index (χ2n) is 6.26. The minimum absolute atomic E-state index is 0. The molecule has 26 heavy (non-hydrogen) atoms. The number of methoxy groups -OCH3 is 1. The van der Waals surface area contributed by atoms with Crippen molar-refractivity contribution in [2.75, 3.05) is 47.6 Å². The maximum atomic E-state index is 5.70. The third kappa shape index (κ3) is 7.57. The lowest BCUT2D eigenvalue weighted by Gasteiger charge is -2.22. The zero-order valence-electron chi connectivity index (χ0n) is 16.3. The van der Waals surface area contributed by atoms with Crippen molar-refractivity contribution in [1.29, 1.82) is 0 Å². The molecule has 0 saturated heterocycles. The number of aliphatic imine (C=N–C) groups is 1. The molecule has 2 rings (SSSR count). The van der Waals surface area contributed by atoms with Crippen LogP contribution in [0.25, 0.3) is 0 Å². The molecule has 1 aliphatic rings. The predicted octanol–water partition coefficient (Wildman–Crippen LogP) is 3.15. The van der Waals surface area contributed by atoms with Gasteiger partial charge in [0.05, 0.1) is 20.3 Å². The number of rotatable bonds is 10. The summed E-state index contributed by atoms with van der Waals surface area (Å²) in [5.41, 5.74) is 1.11. The highest BCUT2D eigenvalue weighted by atomic mass is 127. The molecule has 1 saturated carbocycles. The first kappa shape index (κ1) is 22.8. The molecule has 0 radical (unpaired) electrons. The van der Waals surface area contributed by atoms with Gasteiger partial charge in [0, 0.05) is 33.8 Å². The summed E-state index contributed by atoms with van der Waals surface area (Å²) in [4.78, 5) is 6.42. The van der Waals surface area contributed by atoms with Crippen molar-refractivity contribution in [2.45, 2.75) is 26.3 Å². The summed E-state index contributed by atoms with van der Waals surface area (Å²) in [7, 11) is 5.47. The third-order valence-electron chi connectivity index (χ3n) is 4.17. The van der Waals surface area contributed by atoms with Gasteiger partial charge in [0.25, 0.3) is 0 Å². The molecule has 7 heteroatoms. The van der Waals surface area contributed by atoms with Gasteiger partial charge in [-0.25, -0.2) is 0 Å². The SMILES string of the molecule is CCOc1cc(CNC(=NC)N(C)CCOCC2CC2)ccc1OC.I. The minimum atomic E-state index is 0. The van der Waals surface area contributed by atoms with Crippen molar-refractivity contribution in [3.05, 3.63) is 23.8 Å². The van der Waals surface area contributed by atoms with Crippen LogP contribution in [0.2, 0.25) is 0 Å². The maximum Gasteiger partial charge on any atom is 0.193 e. The molecule has 1 N–H and O–H groups in total. The van der Waals surface area contributed by atoms with Crippen LogP contribution in [0.15, 0.2) is 23.2 Å². The molecule has 0 amide bonds. The Kier molecular flexibility index (Phi) is 10.7. The molecular weight excluding hydrogens is 445 g/mol. The topological polar surface area (TPSA) is 55.3 Å². The van der Waals surface area contributed by atoms with E-state index in [1.165, 1.54) is 12.8 Å².